The molecule has 0 aromatic carbocycles. The molecule has 2 nitrogen and oxygen atoms in total. The smallest absolute Gasteiger partial charge is 0.129 e. The molecule has 0 spiro atoms. The normalized spacial score (nSPS) is 10.9. The topological polar surface area (TPSA) is 17.8 Å². The van der Waals surface area contributed by atoms with Crippen LogP contribution in [0.15, 0.2) is 15.3 Å². The van der Waals surface area contributed by atoms with Gasteiger partial charge in [0.15, 0.2) is 0 Å². The van der Waals surface area contributed by atoms with Gasteiger partial charge in [-0.1, -0.05) is 45.4 Å². The van der Waals surface area contributed by atoms with E-state index in [1.165, 1.54) is 44.9 Å². The van der Waals surface area contributed by atoms with E-state index in [9.17, 15) is 0 Å². The third-order valence-electron chi connectivity index (χ3n) is 2.67. The first kappa shape index (κ1) is 14.2. The molecule has 0 amide bonds. The molecule has 92 valence electrons. The minimum atomic E-state index is 0.905. The van der Waals surface area contributed by atoms with Gasteiger partial charge < -0.3 is 0 Å². The fraction of sp³-hybridized carbons (Fsp3) is 0.750. The maximum atomic E-state index is 4.34. The highest BCUT2D eigenvalue weighted by molar-refractivity contribution is 9.11. The molecule has 1 rings (SSSR count). The summed E-state index contributed by atoms with van der Waals surface area (Å²) in [4.78, 5) is 0. The van der Waals surface area contributed by atoms with E-state index < -0.39 is 0 Å². The average Bonchev–Trinajstić information content (AvgIpc) is 2.56. The fourth-order valence-electron chi connectivity index (χ4n) is 1.74. The molecule has 1 heterocycles. The van der Waals surface area contributed by atoms with Crippen LogP contribution in [0.25, 0.3) is 0 Å². The quantitative estimate of drug-likeness (QED) is 0.591. The number of unbranched alkanes of at least 4 members (excludes halogenated alkanes) is 6. The summed E-state index contributed by atoms with van der Waals surface area (Å²) in [7, 11) is 0. The zero-order chi connectivity index (χ0) is 11.8. The van der Waals surface area contributed by atoms with Crippen molar-refractivity contribution in [3.8, 4) is 0 Å². The van der Waals surface area contributed by atoms with Crippen LogP contribution >= 0.6 is 31.9 Å². The molecule has 16 heavy (non-hydrogen) atoms. The van der Waals surface area contributed by atoms with Crippen molar-refractivity contribution in [3.63, 3.8) is 0 Å². The molecule has 0 saturated heterocycles. The molecule has 0 aliphatic carbocycles. The summed E-state index contributed by atoms with van der Waals surface area (Å²) >= 11 is 6.86. The summed E-state index contributed by atoms with van der Waals surface area (Å²) in [6.07, 6.45) is 9.39. The van der Waals surface area contributed by atoms with Gasteiger partial charge >= 0.3 is 0 Å². The summed E-state index contributed by atoms with van der Waals surface area (Å²) in [5.74, 6) is 0. The Kier molecular flexibility index (Phi) is 7.37. The van der Waals surface area contributed by atoms with Crippen molar-refractivity contribution in [3.05, 3.63) is 15.3 Å². The van der Waals surface area contributed by atoms with Crippen LogP contribution in [0.4, 0.5) is 0 Å². The molecule has 0 atom stereocenters. The van der Waals surface area contributed by atoms with Gasteiger partial charge in [0.25, 0.3) is 0 Å². The number of nitrogens with zero attached hydrogens (tertiary/aromatic N) is 2. The number of hydrogen-bond acceptors (Lipinski definition) is 1. The molecule has 0 saturated carbocycles. The minimum absolute atomic E-state index is 0.905. The van der Waals surface area contributed by atoms with E-state index in [1.54, 1.807) is 0 Å². The molecule has 4 heteroatoms. The lowest BCUT2D eigenvalue weighted by Gasteiger charge is -2.03. The van der Waals surface area contributed by atoms with Crippen molar-refractivity contribution in [2.24, 2.45) is 0 Å². The molecule has 0 radical (unpaired) electrons. The molecule has 0 unspecified atom stereocenters. The Labute approximate surface area is 115 Å². The predicted molar refractivity (Wildman–Crippen MR) is 75.6 cm³/mol. The number of halogens is 2. The summed E-state index contributed by atoms with van der Waals surface area (Å²) in [5.41, 5.74) is 0. The summed E-state index contributed by atoms with van der Waals surface area (Å²) in [5, 5.41) is 4.34. The van der Waals surface area contributed by atoms with E-state index in [0.29, 0.717) is 0 Å². The molecule has 1 aromatic heterocycles. The lowest BCUT2D eigenvalue weighted by molar-refractivity contribution is 0.516. The monoisotopic (exact) mass is 350 g/mol. The Morgan fingerprint density at radius 2 is 1.69 bits per heavy atom. The van der Waals surface area contributed by atoms with Crippen LogP contribution < -0.4 is 0 Å². The second kappa shape index (κ2) is 8.29. The van der Waals surface area contributed by atoms with E-state index in [-0.39, 0.29) is 0 Å². The van der Waals surface area contributed by atoms with Crippen molar-refractivity contribution in [2.45, 2.75) is 58.4 Å². The highest BCUT2D eigenvalue weighted by atomic mass is 79.9. The van der Waals surface area contributed by atoms with Crippen molar-refractivity contribution in [1.82, 2.24) is 9.78 Å². The third-order valence-corrected chi connectivity index (χ3v) is 3.70. The number of aryl methyl sites for hydroxylation is 1. The number of aromatic nitrogens is 2. The van der Waals surface area contributed by atoms with Gasteiger partial charge in [-0.15, -0.1) is 0 Å². The van der Waals surface area contributed by atoms with Crippen molar-refractivity contribution in [2.75, 3.05) is 0 Å². The van der Waals surface area contributed by atoms with Gasteiger partial charge in [0, 0.05) is 12.6 Å². The first-order valence-corrected chi connectivity index (χ1v) is 7.71. The van der Waals surface area contributed by atoms with Gasteiger partial charge in [0.2, 0.25) is 0 Å². The van der Waals surface area contributed by atoms with Crippen LogP contribution in [-0.4, -0.2) is 9.78 Å². The van der Waals surface area contributed by atoms with Crippen molar-refractivity contribution < 1.29 is 0 Å². The Hall–Kier alpha value is 0.170. The Morgan fingerprint density at radius 1 is 1.06 bits per heavy atom. The van der Waals surface area contributed by atoms with Gasteiger partial charge in [-0.25, -0.2) is 0 Å². The zero-order valence-corrected chi connectivity index (χ0v) is 13.1. The van der Waals surface area contributed by atoms with Gasteiger partial charge in [0.05, 0.1) is 0 Å². The van der Waals surface area contributed by atoms with E-state index in [4.69, 9.17) is 0 Å². The summed E-state index contributed by atoms with van der Waals surface area (Å²) in [6, 6.07) is 1.99. The van der Waals surface area contributed by atoms with Crippen LogP contribution in [0.2, 0.25) is 0 Å². The lowest BCUT2D eigenvalue weighted by Crippen LogP contribution is -2.00. The molecular weight excluding hydrogens is 332 g/mol. The van der Waals surface area contributed by atoms with Gasteiger partial charge in [-0.05, 0) is 38.3 Å². The number of rotatable bonds is 8. The first-order valence-electron chi connectivity index (χ1n) is 6.13. The van der Waals surface area contributed by atoms with Crippen molar-refractivity contribution >= 4 is 31.9 Å². The predicted octanol–water partition coefficient (Wildman–Crippen LogP) is 5.16. The largest absolute Gasteiger partial charge is 0.257 e. The molecule has 0 fully saturated rings. The lowest BCUT2D eigenvalue weighted by atomic mass is 10.1. The maximum absolute atomic E-state index is 4.34. The summed E-state index contributed by atoms with van der Waals surface area (Å²) < 4.78 is 3.98. The fourth-order valence-corrected chi connectivity index (χ4v) is 2.93. The highest BCUT2D eigenvalue weighted by Crippen LogP contribution is 2.17. The SMILES string of the molecule is CCCCCCCCCn1nc(Br)cc1Br. The van der Waals surface area contributed by atoms with Gasteiger partial charge in [-0.3, -0.25) is 4.68 Å². The van der Waals surface area contributed by atoms with Crippen LogP contribution in [0.3, 0.4) is 0 Å². The van der Waals surface area contributed by atoms with E-state index >= 15 is 0 Å². The standard InChI is InChI=1S/C12H20Br2N2/c1-2-3-4-5-6-7-8-9-16-12(14)10-11(13)15-16/h10H,2-9H2,1H3. The van der Waals surface area contributed by atoms with Crippen LogP contribution in [0.5, 0.6) is 0 Å². The molecule has 0 aliphatic heterocycles. The van der Waals surface area contributed by atoms with Crippen LogP contribution in [0.1, 0.15) is 51.9 Å². The first-order chi connectivity index (χ1) is 7.74. The van der Waals surface area contributed by atoms with Crippen LogP contribution in [0, 0.1) is 0 Å². The Balaban J connectivity index is 2.05. The second-order valence-electron chi connectivity index (χ2n) is 4.13. The average molecular weight is 352 g/mol. The summed E-state index contributed by atoms with van der Waals surface area (Å²) in [6.45, 7) is 3.27. The maximum Gasteiger partial charge on any atom is 0.129 e. The second-order valence-corrected chi connectivity index (χ2v) is 5.76. The highest BCUT2D eigenvalue weighted by Gasteiger charge is 2.02. The molecule has 0 aliphatic rings. The van der Waals surface area contributed by atoms with E-state index in [0.717, 1.165) is 15.8 Å². The molecule has 1 aromatic rings. The Morgan fingerprint density at radius 3 is 2.25 bits per heavy atom. The van der Waals surface area contributed by atoms with Gasteiger partial charge in [-0.2, -0.15) is 5.10 Å². The molecule has 0 N–H and O–H groups in total. The van der Waals surface area contributed by atoms with E-state index in [1.807, 2.05) is 10.7 Å². The van der Waals surface area contributed by atoms with E-state index in [2.05, 4.69) is 43.9 Å². The van der Waals surface area contributed by atoms with Gasteiger partial charge in [0.1, 0.15) is 9.21 Å². The Bertz CT molecular complexity index is 297. The van der Waals surface area contributed by atoms with Crippen LogP contribution in [-0.2, 0) is 6.54 Å². The third kappa shape index (κ3) is 5.48. The zero-order valence-electron chi connectivity index (χ0n) is 9.88. The minimum Gasteiger partial charge on any atom is -0.257 e. The van der Waals surface area contributed by atoms with Crippen molar-refractivity contribution in [1.29, 1.82) is 0 Å². The number of hydrogen-bond donors (Lipinski definition) is 0. The molecular formula is C12H20Br2N2. The molecule has 0 bridgehead atoms.